The van der Waals surface area contributed by atoms with Crippen molar-refractivity contribution >= 4 is 32.7 Å². The molecule has 1 aliphatic rings. The van der Waals surface area contributed by atoms with Crippen LogP contribution in [0.2, 0.25) is 0 Å². The number of fused-ring (bicyclic) bond motifs is 1. The first-order valence-electron chi connectivity index (χ1n) is 8.67. The molecule has 1 amide bonds. The van der Waals surface area contributed by atoms with Gasteiger partial charge >= 0.3 is 0 Å². The number of anilines is 1. The molecule has 8 heteroatoms. The Kier molecular flexibility index (Phi) is 4.81. The van der Waals surface area contributed by atoms with Gasteiger partial charge in [-0.3, -0.25) is 4.79 Å². The van der Waals surface area contributed by atoms with Gasteiger partial charge in [-0.1, -0.05) is 11.3 Å². The van der Waals surface area contributed by atoms with Gasteiger partial charge in [0.25, 0.3) is 5.91 Å². The van der Waals surface area contributed by atoms with Gasteiger partial charge in [-0.05, 0) is 24.3 Å². The molecule has 0 aliphatic carbocycles. The number of ether oxygens (including phenoxy) is 2. The van der Waals surface area contributed by atoms with E-state index in [1.54, 1.807) is 50.0 Å². The first kappa shape index (κ1) is 17.5. The number of rotatable bonds is 4. The molecule has 1 fully saturated rings. The molecule has 0 N–H and O–H groups in total. The molecule has 1 saturated heterocycles. The molecule has 0 atom stereocenters. The number of nitrogens with zero attached hydrogens (tertiary/aromatic N) is 4. The fourth-order valence-corrected chi connectivity index (χ4v) is 4.12. The lowest BCUT2D eigenvalue weighted by Crippen LogP contribution is -2.48. The molecule has 0 radical (unpaired) electrons. The summed E-state index contributed by atoms with van der Waals surface area (Å²) in [5.74, 6) is 1.16. The first-order valence-corrected chi connectivity index (χ1v) is 9.49. The smallest absolute Gasteiger partial charge is 0.257 e. The number of benzene rings is 1. The minimum Gasteiger partial charge on any atom is -0.497 e. The highest BCUT2D eigenvalue weighted by molar-refractivity contribution is 7.22. The molecule has 0 saturated carbocycles. The van der Waals surface area contributed by atoms with E-state index in [0.717, 1.165) is 28.6 Å². The first-order chi connectivity index (χ1) is 13.2. The highest BCUT2D eigenvalue weighted by atomic mass is 32.1. The van der Waals surface area contributed by atoms with Crippen molar-refractivity contribution in [2.75, 3.05) is 45.3 Å². The largest absolute Gasteiger partial charge is 0.497 e. The maximum Gasteiger partial charge on any atom is 0.257 e. The Bertz CT molecular complexity index is 933. The Balaban J connectivity index is 1.46. The number of aromatic nitrogens is 2. The van der Waals surface area contributed by atoms with Crippen LogP contribution >= 0.6 is 11.3 Å². The van der Waals surface area contributed by atoms with Crippen LogP contribution in [0.3, 0.4) is 0 Å². The minimum absolute atomic E-state index is 0.0277. The van der Waals surface area contributed by atoms with Gasteiger partial charge in [-0.25, -0.2) is 4.98 Å². The summed E-state index contributed by atoms with van der Waals surface area (Å²) in [6, 6.07) is 9.21. The highest BCUT2D eigenvalue weighted by Crippen LogP contribution is 2.29. The van der Waals surface area contributed by atoms with Crippen LogP contribution in [0.4, 0.5) is 5.13 Å². The van der Waals surface area contributed by atoms with Crippen LogP contribution in [-0.4, -0.2) is 61.2 Å². The van der Waals surface area contributed by atoms with Gasteiger partial charge in [0.15, 0.2) is 10.8 Å². The molecule has 4 rings (SSSR count). The molecule has 1 aromatic carbocycles. The Hall–Kier alpha value is -2.87. The van der Waals surface area contributed by atoms with Crippen molar-refractivity contribution in [2.45, 2.75) is 0 Å². The third kappa shape index (κ3) is 3.40. The summed E-state index contributed by atoms with van der Waals surface area (Å²) >= 11 is 1.63. The number of carbonyl (C=O) groups is 1. The lowest BCUT2D eigenvalue weighted by molar-refractivity contribution is 0.0743. The minimum atomic E-state index is -0.0277. The van der Waals surface area contributed by atoms with Crippen LogP contribution in [0.1, 0.15) is 10.4 Å². The van der Waals surface area contributed by atoms with E-state index >= 15 is 0 Å². The van der Waals surface area contributed by atoms with Crippen molar-refractivity contribution in [1.82, 2.24) is 14.9 Å². The number of methoxy groups -OCH3 is 2. The second-order valence-corrected chi connectivity index (χ2v) is 7.18. The van der Waals surface area contributed by atoms with Crippen LogP contribution in [-0.2, 0) is 0 Å². The molecule has 3 aromatic rings. The quantitative estimate of drug-likeness (QED) is 0.689. The van der Waals surface area contributed by atoms with Gasteiger partial charge < -0.3 is 19.3 Å². The Labute approximate surface area is 161 Å². The van der Waals surface area contributed by atoms with Crippen molar-refractivity contribution < 1.29 is 14.3 Å². The molecule has 0 bridgehead atoms. The number of pyridine rings is 1. The maximum atomic E-state index is 12.9. The topological polar surface area (TPSA) is 67.8 Å². The van der Waals surface area contributed by atoms with Gasteiger partial charge in [0.05, 0.1) is 24.5 Å². The van der Waals surface area contributed by atoms with Crippen molar-refractivity contribution in [3.63, 3.8) is 0 Å². The predicted octanol–water partition coefficient (Wildman–Crippen LogP) is 2.67. The average molecular weight is 384 g/mol. The van der Waals surface area contributed by atoms with Crippen LogP contribution in [0.15, 0.2) is 36.5 Å². The summed E-state index contributed by atoms with van der Waals surface area (Å²) in [5, 5.41) is 0.956. The fraction of sp³-hybridized carbons (Fsp3) is 0.316. The summed E-state index contributed by atoms with van der Waals surface area (Å²) in [6.45, 7) is 2.75. The summed E-state index contributed by atoms with van der Waals surface area (Å²) in [6.07, 6.45) is 1.75. The highest BCUT2D eigenvalue weighted by Gasteiger charge is 2.26. The van der Waals surface area contributed by atoms with Crippen molar-refractivity contribution in [3.05, 3.63) is 42.1 Å². The second-order valence-electron chi connectivity index (χ2n) is 6.17. The van der Waals surface area contributed by atoms with E-state index in [2.05, 4.69) is 14.9 Å². The average Bonchev–Trinajstić information content (AvgIpc) is 3.17. The molecular weight excluding hydrogens is 364 g/mol. The zero-order chi connectivity index (χ0) is 18.8. The third-order valence-corrected chi connectivity index (χ3v) is 5.70. The normalized spacial score (nSPS) is 14.4. The second kappa shape index (κ2) is 7.40. The molecular formula is C19H20N4O3S. The van der Waals surface area contributed by atoms with Gasteiger partial charge in [0, 0.05) is 38.4 Å². The van der Waals surface area contributed by atoms with E-state index in [1.165, 1.54) is 0 Å². The lowest BCUT2D eigenvalue weighted by atomic mass is 10.1. The molecule has 27 heavy (non-hydrogen) atoms. The van der Waals surface area contributed by atoms with Crippen molar-refractivity contribution in [2.24, 2.45) is 0 Å². The summed E-state index contributed by atoms with van der Waals surface area (Å²) in [7, 11) is 3.15. The Morgan fingerprint density at radius 3 is 2.63 bits per heavy atom. The molecule has 140 valence electrons. The zero-order valence-corrected chi connectivity index (χ0v) is 16.0. The number of amides is 1. The van der Waals surface area contributed by atoms with E-state index in [4.69, 9.17) is 9.47 Å². The third-order valence-electron chi connectivity index (χ3n) is 4.63. The SMILES string of the molecule is COc1ccc(C(=O)N2CCN(c3nc4ncccc4s3)CC2)c(OC)c1. The zero-order valence-electron chi connectivity index (χ0n) is 15.2. The van der Waals surface area contributed by atoms with E-state index in [9.17, 15) is 4.79 Å². The monoisotopic (exact) mass is 384 g/mol. The van der Waals surface area contributed by atoms with Gasteiger partial charge in [-0.15, -0.1) is 0 Å². The lowest BCUT2D eigenvalue weighted by Gasteiger charge is -2.34. The van der Waals surface area contributed by atoms with Gasteiger partial charge in [0.1, 0.15) is 11.5 Å². The van der Waals surface area contributed by atoms with E-state index in [0.29, 0.717) is 30.2 Å². The summed E-state index contributed by atoms with van der Waals surface area (Å²) in [4.78, 5) is 25.9. The number of piperazine rings is 1. The standard InChI is InChI=1S/C19H20N4O3S/c1-25-13-5-6-14(15(12-13)26-2)18(24)22-8-10-23(11-9-22)19-21-17-16(27-19)4-3-7-20-17/h3-7,12H,8-11H2,1-2H3. The fourth-order valence-electron chi connectivity index (χ4n) is 3.14. The van der Waals surface area contributed by atoms with Gasteiger partial charge in [-0.2, -0.15) is 4.98 Å². The molecule has 1 aliphatic heterocycles. The molecule has 3 heterocycles. The predicted molar refractivity (Wildman–Crippen MR) is 105 cm³/mol. The molecule has 2 aromatic heterocycles. The number of carbonyl (C=O) groups excluding carboxylic acids is 1. The van der Waals surface area contributed by atoms with Crippen molar-refractivity contribution in [1.29, 1.82) is 0 Å². The number of hydrogen-bond acceptors (Lipinski definition) is 7. The maximum absolute atomic E-state index is 12.9. The molecule has 7 nitrogen and oxygen atoms in total. The molecule has 0 spiro atoms. The van der Waals surface area contributed by atoms with Crippen molar-refractivity contribution in [3.8, 4) is 11.5 Å². The summed E-state index contributed by atoms with van der Waals surface area (Å²) < 4.78 is 11.7. The molecule has 0 unspecified atom stereocenters. The van der Waals surface area contributed by atoms with Gasteiger partial charge in [0.2, 0.25) is 0 Å². The number of hydrogen-bond donors (Lipinski definition) is 0. The van der Waals surface area contributed by atoms with Crippen LogP contribution in [0, 0.1) is 0 Å². The Morgan fingerprint density at radius 2 is 1.93 bits per heavy atom. The summed E-state index contributed by atoms with van der Waals surface area (Å²) in [5.41, 5.74) is 1.33. The van der Waals surface area contributed by atoms with E-state index in [-0.39, 0.29) is 5.91 Å². The van der Waals surface area contributed by atoms with Crippen LogP contribution in [0.5, 0.6) is 11.5 Å². The van der Waals surface area contributed by atoms with Crippen LogP contribution in [0.25, 0.3) is 10.3 Å². The number of thiazole rings is 1. The van der Waals surface area contributed by atoms with E-state index in [1.807, 2.05) is 17.0 Å². The van der Waals surface area contributed by atoms with E-state index < -0.39 is 0 Å². The Morgan fingerprint density at radius 1 is 1.11 bits per heavy atom. The van der Waals surface area contributed by atoms with Crippen LogP contribution < -0.4 is 14.4 Å².